The van der Waals surface area contributed by atoms with Crippen molar-refractivity contribution < 1.29 is 9.21 Å². The Kier molecular flexibility index (Phi) is 5.74. The highest BCUT2D eigenvalue weighted by molar-refractivity contribution is 5.79. The molecule has 146 valence electrons. The Hall–Kier alpha value is -1.92. The van der Waals surface area contributed by atoms with Gasteiger partial charge >= 0.3 is 0 Å². The molecule has 6 heteroatoms. The number of nitrogens with one attached hydrogen (secondary N) is 1. The van der Waals surface area contributed by atoms with Crippen molar-refractivity contribution in [2.24, 2.45) is 5.92 Å². The van der Waals surface area contributed by atoms with E-state index in [0.29, 0.717) is 24.9 Å². The van der Waals surface area contributed by atoms with Gasteiger partial charge in [0, 0.05) is 25.6 Å². The van der Waals surface area contributed by atoms with Crippen molar-refractivity contribution in [1.82, 2.24) is 20.1 Å². The highest BCUT2D eigenvalue weighted by Gasteiger charge is 2.31. The Balaban J connectivity index is 1.25. The Morgan fingerprint density at radius 2 is 2.04 bits per heavy atom. The summed E-state index contributed by atoms with van der Waals surface area (Å²) in [6.45, 7) is 4.96. The Morgan fingerprint density at radius 3 is 2.85 bits per heavy atom. The average molecular weight is 370 g/mol. The molecule has 2 saturated heterocycles. The van der Waals surface area contributed by atoms with Gasteiger partial charge in [0.05, 0.1) is 5.92 Å². The Labute approximate surface area is 160 Å². The van der Waals surface area contributed by atoms with E-state index in [4.69, 9.17) is 4.42 Å². The van der Waals surface area contributed by atoms with Crippen LogP contribution < -0.4 is 5.32 Å². The van der Waals surface area contributed by atoms with Gasteiger partial charge < -0.3 is 14.6 Å². The lowest BCUT2D eigenvalue weighted by molar-refractivity contribution is -0.127. The number of fused-ring (bicyclic) bond motifs is 1. The number of hydrogen-bond donors (Lipinski definition) is 1. The molecule has 27 heavy (non-hydrogen) atoms. The number of para-hydroxylation sites is 2. The van der Waals surface area contributed by atoms with Gasteiger partial charge in [-0.05, 0) is 64.5 Å². The lowest BCUT2D eigenvalue weighted by atomic mass is 9.93. The standard InChI is InChI=1S/C21H30N4O2/c1-24-13-9-17(10-14-24)25-12-4-5-16(15-25)21(26)22-11-8-20-23-18-6-2-3-7-19(18)27-20/h2-3,6-7,16-17H,4-5,8-15H2,1H3,(H,22,26)/t16-/m1/s1. The van der Waals surface area contributed by atoms with Crippen LogP contribution in [0.1, 0.15) is 31.6 Å². The Bertz CT molecular complexity index is 733. The molecule has 0 radical (unpaired) electrons. The summed E-state index contributed by atoms with van der Waals surface area (Å²) in [6.07, 6.45) is 5.20. The number of piperidine rings is 2. The second kappa shape index (κ2) is 8.40. The largest absolute Gasteiger partial charge is 0.441 e. The molecule has 0 unspecified atom stereocenters. The van der Waals surface area contributed by atoms with E-state index in [1.54, 1.807) is 0 Å². The van der Waals surface area contributed by atoms with Crippen molar-refractivity contribution in [3.05, 3.63) is 30.2 Å². The summed E-state index contributed by atoms with van der Waals surface area (Å²) >= 11 is 0. The summed E-state index contributed by atoms with van der Waals surface area (Å²) in [5, 5.41) is 3.10. The number of rotatable bonds is 5. The van der Waals surface area contributed by atoms with Crippen LogP contribution in [0.2, 0.25) is 0 Å². The second-order valence-electron chi connectivity index (χ2n) is 7.98. The van der Waals surface area contributed by atoms with Gasteiger partial charge in [-0.2, -0.15) is 0 Å². The molecule has 3 heterocycles. The van der Waals surface area contributed by atoms with Gasteiger partial charge in [0.25, 0.3) is 0 Å². The van der Waals surface area contributed by atoms with Crippen LogP contribution in [0.5, 0.6) is 0 Å². The van der Waals surface area contributed by atoms with E-state index in [-0.39, 0.29) is 11.8 Å². The smallest absolute Gasteiger partial charge is 0.224 e. The van der Waals surface area contributed by atoms with Crippen molar-refractivity contribution in [3.63, 3.8) is 0 Å². The van der Waals surface area contributed by atoms with Crippen LogP contribution in [0.4, 0.5) is 0 Å². The molecule has 0 spiro atoms. The van der Waals surface area contributed by atoms with Gasteiger partial charge in [-0.3, -0.25) is 9.69 Å². The van der Waals surface area contributed by atoms with Crippen LogP contribution in [0.3, 0.4) is 0 Å². The van der Waals surface area contributed by atoms with E-state index < -0.39 is 0 Å². The van der Waals surface area contributed by atoms with Crippen LogP contribution in [0.15, 0.2) is 28.7 Å². The molecule has 1 amide bonds. The zero-order valence-corrected chi connectivity index (χ0v) is 16.2. The second-order valence-corrected chi connectivity index (χ2v) is 7.98. The first-order valence-electron chi connectivity index (χ1n) is 10.2. The molecule has 1 atom stereocenters. The fraction of sp³-hybridized carbons (Fsp3) is 0.619. The fourth-order valence-corrected chi connectivity index (χ4v) is 4.38. The zero-order chi connectivity index (χ0) is 18.6. The molecule has 0 saturated carbocycles. The lowest BCUT2D eigenvalue weighted by Gasteiger charge is -2.41. The maximum atomic E-state index is 12.6. The number of benzene rings is 1. The van der Waals surface area contributed by atoms with E-state index in [1.807, 2.05) is 24.3 Å². The first-order valence-corrected chi connectivity index (χ1v) is 10.2. The minimum atomic E-state index is 0.113. The van der Waals surface area contributed by atoms with Crippen LogP contribution in [-0.2, 0) is 11.2 Å². The van der Waals surface area contributed by atoms with Gasteiger partial charge in [0.1, 0.15) is 5.52 Å². The third-order valence-corrected chi connectivity index (χ3v) is 6.00. The fourth-order valence-electron chi connectivity index (χ4n) is 4.38. The van der Waals surface area contributed by atoms with Crippen LogP contribution in [0.25, 0.3) is 11.1 Å². The van der Waals surface area contributed by atoms with Gasteiger partial charge in [-0.15, -0.1) is 0 Å². The van der Waals surface area contributed by atoms with Crippen LogP contribution in [-0.4, -0.2) is 66.5 Å². The highest BCUT2D eigenvalue weighted by atomic mass is 16.3. The first-order chi connectivity index (χ1) is 13.2. The SMILES string of the molecule is CN1CCC(N2CCC[C@@H](C(=O)NCCc3nc4ccccc4o3)C2)CC1. The summed E-state index contributed by atoms with van der Waals surface area (Å²) in [4.78, 5) is 22.1. The number of likely N-dealkylation sites (tertiary alicyclic amines) is 2. The molecule has 1 aromatic carbocycles. The number of aromatic nitrogens is 1. The van der Waals surface area contributed by atoms with Crippen molar-refractivity contribution >= 4 is 17.0 Å². The van der Waals surface area contributed by atoms with Crippen molar-refractivity contribution in [1.29, 1.82) is 0 Å². The van der Waals surface area contributed by atoms with Crippen LogP contribution in [0, 0.1) is 5.92 Å². The lowest BCUT2D eigenvalue weighted by Crippen LogP contribution is -2.50. The minimum Gasteiger partial charge on any atom is -0.441 e. The number of oxazole rings is 1. The van der Waals surface area contributed by atoms with E-state index in [1.165, 1.54) is 25.9 Å². The molecule has 2 aromatic rings. The quantitative estimate of drug-likeness (QED) is 0.875. The molecule has 0 bridgehead atoms. The van der Waals surface area contributed by atoms with Gasteiger partial charge in [0.2, 0.25) is 5.91 Å². The van der Waals surface area contributed by atoms with E-state index >= 15 is 0 Å². The van der Waals surface area contributed by atoms with Crippen molar-refractivity contribution in [2.45, 2.75) is 38.1 Å². The molecule has 0 aliphatic carbocycles. The predicted molar refractivity (Wildman–Crippen MR) is 106 cm³/mol. The molecule has 2 fully saturated rings. The summed E-state index contributed by atoms with van der Waals surface area (Å²) in [6, 6.07) is 8.41. The first kappa shape index (κ1) is 18.4. The number of carbonyl (C=O) groups is 1. The molecular weight excluding hydrogens is 340 g/mol. The molecular formula is C21H30N4O2. The summed E-state index contributed by atoms with van der Waals surface area (Å²) in [5.74, 6) is 0.985. The molecule has 6 nitrogen and oxygen atoms in total. The topological polar surface area (TPSA) is 61.6 Å². The highest BCUT2D eigenvalue weighted by Crippen LogP contribution is 2.23. The number of hydrogen-bond acceptors (Lipinski definition) is 5. The molecule has 2 aliphatic heterocycles. The average Bonchev–Trinajstić information content (AvgIpc) is 3.11. The molecule has 1 N–H and O–H groups in total. The van der Waals surface area contributed by atoms with Gasteiger partial charge in [0.15, 0.2) is 11.5 Å². The van der Waals surface area contributed by atoms with Gasteiger partial charge in [-0.25, -0.2) is 4.98 Å². The number of nitrogens with zero attached hydrogens (tertiary/aromatic N) is 3. The molecule has 1 aromatic heterocycles. The van der Waals surface area contributed by atoms with Crippen molar-refractivity contribution in [2.75, 3.05) is 39.8 Å². The van der Waals surface area contributed by atoms with E-state index in [2.05, 4.69) is 27.1 Å². The number of carbonyl (C=O) groups excluding carboxylic acids is 1. The zero-order valence-electron chi connectivity index (χ0n) is 16.2. The summed E-state index contributed by atoms with van der Waals surface area (Å²) in [7, 11) is 2.19. The van der Waals surface area contributed by atoms with Crippen molar-refractivity contribution in [3.8, 4) is 0 Å². The monoisotopic (exact) mass is 370 g/mol. The minimum absolute atomic E-state index is 0.113. The number of amides is 1. The maximum Gasteiger partial charge on any atom is 0.224 e. The predicted octanol–water partition coefficient (Wildman–Crippen LogP) is 2.29. The molecule has 4 rings (SSSR count). The third kappa shape index (κ3) is 4.50. The normalized spacial score (nSPS) is 22.9. The third-order valence-electron chi connectivity index (χ3n) is 6.00. The summed E-state index contributed by atoms with van der Waals surface area (Å²) in [5.41, 5.74) is 1.68. The maximum absolute atomic E-state index is 12.6. The van der Waals surface area contributed by atoms with Crippen LogP contribution >= 0.6 is 0 Å². The summed E-state index contributed by atoms with van der Waals surface area (Å²) < 4.78 is 5.73. The molecule has 2 aliphatic rings. The van der Waals surface area contributed by atoms with Gasteiger partial charge in [-0.1, -0.05) is 12.1 Å². The van der Waals surface area contributed by atoms with E-state index in [9.17, 15) is 4.79 Å². The Morgan fingerprint density at radius 1 is 1.22 bits per heavy atom. The van der Waals surface area contributed by atoms with E-state index in [0.717, 1.165) is 37.0 Å².